The number of hydrogen-bond acceptors (Lipinski definition) is 5. The van der Waals surface area contributed by atoms with Crippen molar-refractivity contribution in [2.45, 2.75) is 0 Å². The van der Waals surface area contributed by atoms with Gasteiger partial charge in [0.2, 0.25) is 0 Å². The van der Waals surface area contributed by atoms with Crippen LogP contribution in [-0.4, -0.2) is 28.3 Å². The number of rotatable bonds is 4. The summed E-state index contributed by atoms with van der Waals surface area (Å²) in [6.07, 6.45) is 1.70. The van der Waals surface area contributed by atoms with Crippen LogP contribution in [-0.2, 0) is 4.79 Å². The predicted molar refractivity (Wildman–Crippen MR) is 107 cm³/mol. The summed E-state index contributed by atoms with van der Waals surface area (Å²) in [6, 6.07) is 13.8. The van der Waals surface area contributed by atoms with Gasteiger partial charge in [-0.05, 0) is 48.1 Å². The number of methoxy groups -OCH3 is 1. The van der Waals surface area contributed by atoms with Crippen LogP contribution < -0.4 is 10.2 Å². The first kappa shape index (κ1) is 18.4. The molecular weight excluding hydrogens is 392 g/mol. The molecule has 26 heavy (non-hydrogen) atoms. The average molecular weight is 405 g/mol. The Labute approximate surface area is 164 Å². The molecule has 1 saturated heterocycles. The van der Waals surface area contributed by atoms with E-state index in [4.69, 9.17) is 28.6 Å². The van der Waals surface area contributed by atoms with Crippen LogP contribution in [0.4, 0.5) is 0 Å². The molecule has 0 aromatic heterocycles. The van der Waals surface area contributed by atoms with E-state index in [1.54, 1.807) is 54.6 Å². The topological polar surface area (TPSA) is 58.6 Å². The van der Waals surface area contributed by atoms with Crippen LogP contribution in [0.25, 0.3) is 6.08 Å². The minimum Gasteiger partial charge on any atom is -0.496 e. The summed E-state index contributed by atoms with van der Waals surface area (Å²) in [5.41, 5.74) is 3.66. The third-order valence-electron chi connectivity index (χ3n) is 3.53. The lowest BCUT2D eigenvalue weighted by Crippen LogP contribution is -2.44. The smallest absolute Gasteiger partial charge is 0.285 e. The van der Waals surface area contributed by atoms with Crippen molar-refractivity contribution in [3.8, 4) is 5.75 Å². The summed E-state index contributed by atoms with van der Waals surface area (Å²) in [5, 5.41) is 1.68. The fraction of sp³-hybridized carbons (Fsp3) is 0.0556. The zero-order valence-corrected chi connectivity index (χ0v) is 16.0. The fourth-order valence-corrected chi connectivity index (χ4v) is 3.57. The number of para-hydroxylation sites is 1. The van der Waals surface area contributed by atoms with E-state index in [0.29, 0.717) is 21.2 Å². The molecule has 5 nitrogen and oxygen atoms in total. The fourth-order valence-electron chi connectivity index (χ4n) is 2.27. The van der Waals surface area contributed by atoms with Crippen LogP contribution in [0.15, 0.2) is 53.4 Å². The van der Waals surface area contributed by atoms with Crippen LogP contribution in [0, 0.1) is 0 Å². The summed E-state index contributed by atoms with van der Waals surface area (Å²) < 4.78 is 5.42. The van der Waals surface area contributed by atoms with Crippen LogP contribution >= 0.6 is 35.6 Å². The maximum Gasteiger partial charge on any atom is 0.285 e. The van der Waals surface area contributed by atoms with Gasteiger partial charge in [-0.25, -0.2) is 0 Å². The van der Waals surface area contributed by atoms with Gasteiger partial charge in [-0.1, -0.05) is 47.6 Å². The Kier molecular flexibility index (Phi) is 5.61. The van der Waals surface area contributed by atoms with Crippen molar-refractivity contribution < 1.29 is 14.3 Å². The van der Waals surface area contributed by atoms with E-state index in [9.17, 15) is 9.59 Å². The first-order valence-electron chi connectivity index (χ1n) is 7.47. The average Bonchev–Trinajstić information content (AvgIpc) is 2.91. The Morgan fingerprint density at radius 1 is 1.23 bits per heavy atom. The molecule has 0 saturated carbocycles. The molecular formula is C18H13ClN2O3S2. The summed E-state index contributed by atoms with van der Waals surface area (Å²) >= 11 is 12.2. The molecule has 0 unspecified atom stereocenters. The van der Waals surface area contributed by atoms with Crippen LogP contribution in [0.3, 0.4) is 0 Å². The number of nitrogens with zero attached hydrogens (tertiary/aromatic N) is 1. The van der Waals surface area contributed by atoms with Crippen molar-refractivity contribution in [3.63, 3.8) is 0 Å². The summed E-state index contributed by atoms with van der Waals surface area (Å²) in [5.74, 6) is -0.461. The molecule has 2 amide bonds. The Morgan fingerprint density at radius 3 is 2.62 bits per heavy atom. The van der Waals surface area contributed by atoms with Crippen molar-refractivity contribution >= 4 is 57.8 Å². The van der Waals surface area contributed by atoms with Gasteiger partial charge in [0.1, 0.15) is 5.75 Å². The van der Waals surface area contributed by atoms with Gasteiger partial charge < -0.3 is 4.74 Å². The normalized spacial score (nSPS) is 15.5. The molecule has 0 radical (unpaired) electrons. The van der Waals surface area contributed by atoms with Gasteiger partial charge in [0.05, 0.1) is 17.6 Å². The van der Waals surface area contributed by atoms with Gasteiger partial charge in [0, 0.05) is 5.02 Å². The van der Waals surface area contributed by atoms with E-state index >= 15 is 0 Å². The standard InChI is InChI=1S/C18H13ClN2O3S2/c1-24-14-5-3-2-4-13(14)16(22)20-21-17(23)15(26-18(21)25)10-11-6-8-12(19)9-7-11/h2-10H,1H3,(H,20,22)/b15-10-. The van der Waals surface area contributed by atoms with Crippen molar-refractivity contribution in [1.82, 2.24) is 10.4 Å². The minimum atomic E-state index is -0.480. The number of carbonyl (C=O) groups excluding carboxylic acids is 2. The second-order valence-electron chi connectivity index (χ2n) is 5.21. The summed E-state index contributed by atoms with van der Waals surface area (Å²) in [7, 11) is 1.47. The molecule has 1 fully saturated rings. The van der Waals surface area contributed by atoms with E-state index in [-0.39, 0.29) is 4.32 Å². The number of hydrazine groups is 1. The molecule has 1 aliphatic heterocycles. The van der Waals surface area contributed by atoms with Crippen LogP contribution in [0.2, 0.25) is 5.02 Å². The van der Waals surface area contributed by atoms with Crippen molar-refractivity contribution in [2.75, 3.05) is 7.11 Å². The van der Waals surface area contributed by atoms with Crippen LogP contribution in [0.5, 0.6) is 5.75 Å². The molecule has 8 heteroatoms. The SMILES string of the molecule is COc1ccccc1C(=O)NN1C(=O)/C(=C/c2ccc(Cl)cc2)SC1=S. The second kappa shape index (κ2) is 7.90. The van der Waals surface area contributed by atoms with E-state index in [0.717, 1.165) is 22.3 Å². The quantitative estimate of drug-likeness (QED) is 0.618. The number of carbonyl (C=O) groups is 2. The number of benzene rings is 2. The van der Waals surface area contributed by atoms with E-state index < -0.39 is 11.8 Å². The lowest BCUT2D eigenvalue weighted by atomic mass is 10.2. The summed E-state index contributed by atoms with van der Waals surface area (Å²) in [4.78, 5) is 25.5. The number of amides is 2. The Hall–Kier alpha value is -2.35. The zero-order valence-electron chi connectivity index (χ0n) is 13.6. The number of thioether (sulfide) groups is 1. The first-order chi connectivity index (χ1) is 12.5. The molecule has 1 N–H and O–H groups in total. The number of halogens is 1. The van der Waals surface area contributed by atoms with E-state index in [2.05, 4.69) is 5.43 Å². The predicted octanol–water partition coefficient (Wildman–Crippen LogP) is 3.89. The largest absolute Gasteiger partial charge is 0.496 e. The van der Waals surface area contributed by atoms with Crippen molar-refractivity contribution in [2.24, 2.45) is 0 Å². The summed E-state index contributed by atoms with van der Waals surface area (Å²) in [6.45, 7) is 0. The van der Waals surface area contributed by atoms with Gasteiger partial charge in [0.15, 0.2) is 4.32 Å². The molecule has 3 rings (SSSR count). The Balaban J connectivity index is 1.79. The molecule has 2 aromatic carbocycles. The zero-order chi connectivity index (χ0) is 18.7. The van der Waals surface area contributed by atoms with Gasteiger partial charge in [-0.15, -0.1) is 0 Å². The highest BCUT2D eigenvalue weighted by Gasteiger charge is 2.34. The highest BCUT2D eigenvalue weighted by molar-refractivity contribution is 8.26. The van der Waals surface area contributed by atoms with Gasteiger partial charge in [-0.2, -0.15) is 5.01 Å². The van der Waals surface area contributed by atoms with Crippen molar-refractivity contribution in [3.05, 3.63) is 69.6 Å². The van der Waals surface area contributed by atoms with Gasteiger partial charge in [0.25, 0.3) is 11.8 Å². The molecule has 1 aliphatic rings. The third-order valence-corrected chi connectivity index (χ3v) is 5.08. The number of nitrogens with one attached hydrogen (secondary N) is 1. The van der Waals surface area contributed by atoms with Gasteiger partial charge in [-0.3, -0.25) is 15.0 Å². The Morgan fingerprint density at radius 2 is 1.92 bits per heavy atom. The molecule has 2 aromatic rings. The lowest BCUT2D eigenvalue weighted by Gasteiger charge is -2.16. The van der Waals surface area contributed by atoms with E-state index in [1.165, 1.54) is 7.11 Å². The number of ether oxygens (including phenoxy) is 1. The second-order valence-corrected chi connectivity index (χ2v) is 7.32. The first-order valence-corrected chi connectivity index (χ1v) is 9.07. The number of thiocarbonyl (C=S) groups is 1. The van der Waals surface area contributed by atoms with Crippen molar-refractivity contribution in [1.29, 1.82) is 0 Å². The molecule has 0 aliphatic carbocycles. The highest BCUT2D eigenvalue weighted by Crippen LogP contribution is 2.32. The van der Waals surface area contributed by atoms with Crippen LogP contribution in [0.1, 0.15) is 15.9 Å². The third kappa shape index (κ3) is 3.90. The Bertz CT molecular complexity index is 913. The maximum atomic E-state index is 12.6. The van der Waals surface area contributed by atoms with E-state index in [1.807, 2.05) is 0 Å². The molecule has 1 heterocycles. The molecule has 0 bridgehead atoms. The van der Waals surface area contributed by atoms with Gasteiger partial charge >= 0.3 is 0 Å². The monoisotopic (exact) mass is 404 g/mol. The maximum absolute atomic E-state index is 12.6. The molecule has 0 spiro atoms. The molecule has 0 atom stereocenters. The highest BCUT2D eigenvalue weighted by atomic mass is 35.5. The minimum absolute atomic E-state index is 0.249. The molecule has 132 valence electrons. The lowest BCUT2D eigenvalue weighted by molar-refractivity contribution is -0.123. The number of hydrogen-bond donors (Lipinski definition) is 1.